The maximum atomic E-state index is 14.6. The van der Waals surface area contributed by atoms with Crippen molar-refractivity contribution in [2.45, 2.75) is 11.3 Å². The Bertz CT molecular complexity index is 1910. The van der Waals surface area contributed by atoms with E-state index in [0.29, 0.717) is 11.3 Å². The van der Waals surface area contributed by atoms with E-state index in [0.717, 1.165) is 27.2 Å². The SMILES string of the molecule is COc1cccc(C(=O)N/N=C\C23c4ccccc4C(c4ccccc42)[C@@H]2C(=O)N(c4ccc([N+](=O)[O-])cc4OC)C(=O)[C@H]23)c1. The molecule has 4 aliphatic rings. The summed E-state index contributed by atoms with van der Waals surface area (Å²) in [6, 6.07) is 25.7. The fraction of sp³-hybridized carbons (Fsp3) is 0.176. The second-order valence-corrected chi connectivity index (χ2v) is 11.1. The van der Waals surface area contributed by atoms with Gasteiger partial charge in [0.15, 0.2) is 0 Å². The second kappa shape index (κ2) is 10.4. The molecule has 0 saturated carbocycles. The van der Waals surface area contributed by atoms with Crippen molar-refractivity contribution >= 4 is 35.3 Å². The van der Waals surface area contributed by atoms with Crippen LogP contribution in [0.25, 0.3) is 0 Å². The Kier molecular flexibility index (Phi) is 6.47. The average Bonchev–Trinajstić information content (AvgIpc) is 3.34. The van der Waals surface area contributed by atoms with Crippen LogP contribution in [0.4, 0.5) is 11.4 Å². The van der Waals surface area contributed by atoms with Crippen LogP contribution in [0, 0.1) is 22.0 Å². The van der Waals surface area contributed by atoms with Crippen molar-refractivity contribution in [3.05, 3.63) is 129 Å². The first kappa shape index (κ1) is 28.0. The number of hydrazone groups is 1. The first-order valence-electron chi connectivity index (χ1n) is 14.2. The van der Waals surface area contributed by atoms with E-state index in [4.69, 9.17) is 9.47 Å². The summed E-state index contributed by atoms with van der Waals surface area (Å²) in [4.78, 5) is 54.1. The van der Waals surface area contributed by atoms with E-state index in [1.807, 2.05) is 48.5 Å². The van der Waals surface area contributed by atoms with Crippen LogP contribution in [-0.4, -0.2) is 43.1 Å². The fourth-order valence-electron chi connectivity index (χ4n) is 7.27. The molecule has 0 unspecified atom stereocenters. The second-order valence-electron chi connectivity index (χ2n) is 11.1. The predicted octanol–water partition coefficient (Wildman–Crippen LogP) is 4.58. The lowest BCUT2D eigenvalue weighted by Crippen LogP contribution is -2.54. The Labute approximate surface area is 257 Å². The van der Waals surface area contributed by atoms with E-state index in [9.17, 15) is 24.5 Å². The molecule has 1 fully saturated rings. The van der Waals surface area contributed by atoms with Gasteiger partial charge in [-0.05, 0) is 46.5 Å². The zero-order chi connectivity index (χ0) is 31.5. The molecule has 0 radical (unpaired) electrons. The van der Waals surface area contributed by atoms with E-state index in [1.165, 1.54) is 32.4 Å². The van der Waals surface area contributed by atoms with Crippen LogP contribution in [-0.2, 0) is 15.0 Å². The standard InChI is InChI=1S/C34H26N4O7/c1-44-21-9-7-8-19(16-21)31(39)36-35-18-34-24-12-5-3-10-22(24)28(23-11-4-6-13-25(23)34)29-30(34)33(41)37(32(29)40)26-15-14-20(38(42)43)17-27(26)45-2/h3-18,28-30H,1-2H3,(H,36,39)/b35-18-/t28?,29-,30-,34?/m0/s1. The number of benzene rings is 4. The van der Waals surface area contributed by atoms with E-state index < -0.39 is 45.8 Å². The number of hydrogen-bond acceptors (Lipinski definition) is 8. The van der Waals surface area contributed by atoms with Gasteiger partial charge in [-0.2, -0.15) is 5.10 Å². The van der Waals surface area contributed by atoms with Crippen molar-refractivity contribution in [3.63, 3.8) is 0 Å². The minimum absolute atomic E-state index is 0.0280. The van der Waals surface area contributed by atoms with E-state index in [1.54, 1.807) is 30.5 Å². The number of anilines is 1. The Balaban J connectivity index is 1.38. The van der Waals surface area contributed by atoms with Crippen LogP contribution in [0.15, 0.2) is 96.1 Å². The van der Waals surface area contributed by atoms with Gasteiger partial charge in [0.05, 0.1) is 48.1 Å². The predicted molar refractivity (Wildman–Crippen MR) is 164 cm³/mol. The Morgan fingerprint density at radius 1 is 0.911 bits per heavy atom. The number of carbonyl (C=O) groups excluding carboxylic acids is 3. The third kappa shape index (κ3) is 3.97. The zero-order valence-electron chi connectivity index (χ0n) is 24.2. The van der Waals surface area contributed by atoms with Gasteiger partial charge in [-0.3, -0.25) is 24.5 Å². The first-order chi connectivity index (χ1) is 21.8. The van der Waals surface area contributed by atoms with Crippen LogP contribution in [0.5, 0.6) is 11.5 Å². The summed E-state index contributed by atoms with van der Waals surface area (Å²) in [5.74, 6) is -3.01. The van der Waals surface area contributed by atoms with Crippen molar-refractivity contribution in [1.82, 2.24) is 5.43 Å². The molecule has 224 valence electrons. The summed E-state index contributed by atoms with van der Waals surface area (Å²) >= 11 is 0. The highest BCUT2D eigenvalue weighted by molar-refractivity contribution is 6.25. The minimum Gasteiger partial charge on any atom is -0.497 e. The number of rotatable bonds is 7. The Hall–Kier alpha value is -5.84. The molecular formula is C34H26N4O7. The number of hydrogen-bond donors (Lipinski definition) is 1. The normalized spacial score (nSPS) is 22.5. The Morgan fingerprint density at radius 2 is 1.60 bits per heavy atom. The molecule has 3 aliphatic carbocycles. The Morgan fingerprint density at radius 3 is 2.24 bits per heavy atom. The fourth-order valence-corrected chi connectivity index (χ4v) is 7.27. The van der Waals surface area contributed by atoms with Gasteiger partial charge in [0.1, 0.15) is 11.5 Å². The van der Waals surface area contributed by atoms with Gasteiger partial charge in [0, 0.05) is 23.8 Å². The van der Waals surface area contributed by atoms with Crippen LogP contribution >= 0.6 is 0 Å². The maximum absolute atomic E-state index is 14.6. The van der Waals surface area contributed by atoms with Gasteiger partial charge >= 0.3 is 0 Å². The quantitative estimate of drug-likeness (QED) is 0.141. The topological polar surface area (TPSA) is 140 Å². The number of methoxy groups -OCH3 is 2. The molecule has 0 aromatic heterocycles. The van der Waals surface area contributed by atoms with Gasteiger partial charge in [-0.25, -0.2) is 10.3 Å². The van der Waals surface area contributed by atoms with Crippen LogP contribution < -0.4 is 19.8 Å². The van der Waals surface area contributed by atoms with Crippen LogP contribution in [0.2, 0.25) is 0 Å². The van der Waals surface area contributed by atoms with Gasteiger partial charge < -0.3 is 9.47 Å². The third-order valence-electron chi connectivity index (χ3n) is 9.07. The molecule has 45 heavy (non-hydrogen) atoms. The van der Waals surface area contributed by atoms with Gasteiger partial charge in [-0.1, -0.05) is 54.6 Å². The van der Waals surface area contributed by atoms with Crippen molar-refractivity contribution in [1.29, 1.82) is 0 Å². The molecule has 2 bridgehead atoms. The molecule has 1 N–H and O–H groups in total. The lowest BCUT2D eigenvalue weighted by Gasteiger charge is -2.52. The summed E-state index contributed by atoms with van der Waals surface area (Å²) in [6.45, 7) is 0. The summed E-state index contributed by atoms with van der Waals surface area (Å²) in [5, 5.41) is 15.9. The number of imide groups is 1. The first-order valence-corrected chi connectivity index (χ1v) is 14.2. The molecule has 1 heterocycles. The molecule has 0 spiro atoms. The maximum Gasteiger partial charge on any atom is 0.273 e. The van der Waals surface area contributed by atoms with Crippen LogP contribution in [0.3, 0.4) is 0 Å². The van der Waals surface area contributed by atoms with Crippen molar-refractivity contribution < 1.29 is 28.8 Å². The summed E-state index contributed by atoms with van der Waals surface area (Å²) in [5.41, 5.74) is 5.01. The van der Waals surface area contributed by atoms with Crippen molar-refractivity contribution in [2.75, 3.05) is 19.1 Å². The van der Waals surface area contributed by atoms with Crippen molar-refractivity contribution in [3.8, 4) is 11.5 Å². The van der Waals surface area contributed by atoms with E-state index in [-0.39, 0.29) is 17.1 Å². The molecular weight excluding hydrogens is 576 g/mol. The number of nitro groups is 1. The number of amides is 3. The molecule has 1 saturated heterocycles. The highest BCUT2D eigenvalue weighted by atomic mass is 16.6. The third-order valence-corrected chi connectivity index (χ3v) is 9.07. The van der Waals surface area contributed by atoms with Gasteiger partial charge in [0.25, 0.3) is 11.6 Å². The molecule has 4 aromatic rings. The van der Waals surface area contributed by atoms with Gasteiger partial charge in [-0.15, -0.1) is 0 Å². The number of nitrogens with one attached hydrogen (secondary N) is 1. The summed E-state index contributed by atoms with van der Waals surface area (Å²) < 4.78 is 10.7. The largest absolute Gasteiger partial charge is 0.497 e. The van der Waals surface area contributed by atoms with E-state index in [2.05, 4.69) is 10.5 Å². The average molecular weight is 603 g/mol. The number of non-ortho nitro benzene ring substituents is 1. The van der Waals surface area contributed by atoms with Gasteiger partial charge in [0.2, 0.25) is 11.8 Å². The summed E-state index contributed by atoms with van der Waals surface area (Å²) in [6.07, 6.45) is 1.57. The lowest BCUT2D eigenvalue weighted by molar-refractivity contribution is -0.384. The van der Waals surface area contributed by atoms with E-state index >= 15 is 0 Å². The summed E-state index contributed by atoms with van der Waals surface area (Å²) in [7, 11) is 2.84. The molecule has 1 aliphatic heterocycles. The molecule has 2 atom stereocenters. The minimum atomic E-state index is -1.22. The molecule has 3 amide bonds. The number of nitrogens with zero attached hydrogens (tertiary/aromatic N) is 3. The smallest absolute Gasteiger partial charge is 0.273 e. The molecule has 4 aromatic carbocycles. The van der Waals surface area contributed by atoms with Crippen LogP contribution in [0.1, 0.15) is 38.5 Å². The number of ether oxygens (including phenoxy) is 2. The zero-order valence-corrected chi connectivity index (χ0v) is 24.2. The highest BCUT2D eigenvalue weighted by Gasteiger charge is 2.68. The van der Waals surface area contributed by atoms with Crippen molar-refractivity contribution in [2.24, 2.45) is 16.9 Å². The molecule has 11 nitrogen and oxygen atoms in total. The highest BCUT2D eigenvalue weighted by Crippen LogP contribution is 2.64. The monoisotopic (exact) mass is 602 g/mol. The molecule has 8 rings (SSSR count). The molecule has 11 heteroatoms. The number of nitro benzene ring substituents is 1. The lowest BCUT2D eigenvalue weighted by atomic mass is 9.47. The number of carbonyl (C=O) groups is 3.